The molecule has 0 aliphatic rings. The summed E-state index contributed by atoms with van der Waals surface area (Å²) < 4.78 is 89.9. The van der Waals surface area contributed by atoms with Gasteiger partial charge in [-0.2, -0.15) is 31.6 Å². The molecule has 0 fully saturated rings. The number of benzene rings is 7. The Morgan fingerprint density at radius 2 is 0.903 bits per heavy atom. The first-order valence-electron chi connectivity index (χ1n) is 20.3. The van der Waals surface area contributed by atoms with E-state index in [0.717, 1.165) is 66.9 Å². The Bertz CT molecular complexity index is 3270. The van der Waals surface area contributed by atoms with Gasteiger partial charge in [-0.1, -0.05) is 102 Å². The number of nitriles is 1. The maximum Gasteiger partial charge on any atom is 0.416 e. The summed E-state index contributed by atoms with van der Waals surface area (Å²) in [6.07, 6.45) is -10.1. The highest BCUT2D eigenvalue weighted by Crippen LogP contribution is 2.46. The lowest BCUT2D eigenvalue weighted by Crippen LogP contribution is -2.11. The Balaban J connectivity index is 1.43. The zero-order valence-corrected chi connectivity index (χ0v) is 34.9. The van der Waals surface area contributed by atoms with E-state index in [1.165, 1.54) is 0 Å². The van der Waals surface area contributed by atoms with E-state index in [4.69, 9.17) is 0 Å². The van der Waals surface area contributed by atoms with Crippen LogP contribution in [0.25, 0.3) is 77.2 Å². The Morgan fingerprint density at radius 3 is 1.39 bits per heavy atom. The van der Waals surface area contributed by atoms with Gasteiger partial charge in [-0.25, -0.2) is 0 Å². The lowest BCUT2D eigenvalue weighted by molar-refractivity contribution is -0.143. The van der Waals surface area contributed by atoms with E-state index in [1.54, 1.807) is 30.3 Å². The van der Waals surface area contributed by atoms with Gasteiger partial charge in [0.1, 0.15) is 0 Å². The number of hydrogen-bond acceptors (Lipinski definition) is 1. The third-order valence-corrected chi connectivity index (χ3v) is 11.9. The summed E-state index contributed by atoms with van der Waals surface area (Å²) in [6.45, 7) is 12.9. The SMILES string of the molecule is CC(C)(C)c1ccc2c(c1)c1ccccc1n2-c1ccc(-c2cc(C(F)(F)F)cc(C(F)(F)F)c2)cc1-c1c(C#N)cccc1-n1c2ccccc2c2cc(C(C)(C)C)ccc21. The number of para-hydroxylation sites is 2. The van der Waals surface area contributed by atoms with Gasteiger partial charge in [0.25, 0.3) is 0 Å². The van der Waals surface area contributed by atoms with E-state index in [1.807, 2.05) is 54.6 Å². The topological polar surface area (TPSA) is 33.6 Å². The number of alkyl halides is 6. The second-order valence-corrected chi connectivity index (χ2v) is 18.0. The van der Waals surface area contributed by atoms with Crippen LogP contribution in [0.3, 0.4) is 0 Å². The van der Waals surface area contributed by atoms with Crippen LogP contribution in [-0.4, -0.2) is 9.13 Å². The molecule has 0 radical (unpaired) electrons. The molecule has 0 atom stereocenters. The molecule has 0 bridgehead atoms. The summed E-state index contributed by atoms with van der Waals surface area (Å²) >= 11 is 0. The van der Waals surface area contributed by atoms with E-state index in [0.29, 0.717) is 22.5 Å². The van der Waals surface area contributed by atoms with Crippen molar-refractivity contribution in [2.45, 2.75) is 64.7 Å². The van der Waals surface area contributed by atoms with Crippen molar-refractivity contribution in [3.63, 3.8) is 0 Å². The molecule has 310 valence electrons. The van der Waals surface area contributed by atoms with Crippen molar-refractivity contribution in [3.8, 4) is 39.7 Å². The fourth-order valence-electron chi connectivity index (χ4n) is 8.73. The van der Waals surface area contributed by atoms with Crippen LogP contribution in [0.15, 0.2) is 140 Å². The molecule has 7 aromatic carbocycles. The summed E-state index contributed by atoms with van der Waals surface area (Å²) in [5.74, 6) is 0. The first-order valence-corrected chi connectivity index (χ1v) is 20.3. The van der Waals surface area contributed by atoms with Crippen LogP contribution in [0.1, 0.15) is 69.4 Å². The Morgan fingerprint density at radius 1 is 0.419 bits per heavy atom. The summed E-state index contributed by atoms with van der Waals surface area (Å²) in [7, 11) is 0. The second-order valence-electron chi connectivity index (χ2n) is 18.0. The molecular formula is C53H41F6N3. The Hall–Kier alpha value is -6.79. The summed E-state index contributed by atoms with van der Waals surface area (Å²) in [4.78, 5) is 0. The highest BCUT2D eigenvalue weighted by molar-refractivity contribution is 6.12. The average molecular weight is 834 g/mol. The van der Waals surface area contributed by atoms with Gasteiger partial charge in [-0.3, -0.25) is 0 Å². The van der Waals surface area contributed by atoms with Crippen molar-refractivity contribution in [2.75, 3.05) is 0 Å². The van der Waals surface area contributed by atoms with Gasteiger partial charge < -0.3 is 9.13 Å². The smallest absolute Gasteiger partial charge is 0.309 e. The van der Waals surface area contributed by atoms with Crippen LogP contribution >= 0.6 is 0 Å². The van der Waals surface area contributed by atoms with Crippen LogP contribution in [-0.2, 0) is 23.2 Å². The van der Waals surface area contributed by atoms with Crippen LogP contribution in [0.4, 0.5) is 26.3 Å². The predicted octanol–water partition coefficient (Wildman–Crippen LogP) is 15.7. The van der Waals surface area contributed by atoms with Gasteiger partial charge in [0.15, 0.2) is 0 Å². The normalized spacial score (nSPS) is 12.8. The van der Waals surface area contributed by atoms with Gasteiger partial charge in [0.2, 0.25) is 0 Å². The minimum atomic E-state index is -5.04. The molecule has 0 N–H and O–H groups in total. The fourth-order valence-corrected chi connectivity index (χ4v) is 8.73. The van der Waals surface area contributed by atoms with E-state index < -0.39 is 23.5 Å². The fraction of sp³-hybridized carbons (Fsp3) is 0.189. The molecule has 0 aliphatic carbocycles. The number of fused-ring (bicyclic) bond motifs is 6. The quantitative estimate of drug-likeness (QED) is 0.163. The molecule has 2 aromatic heterocycles. The molecule has 0 amide bonds. The third-order valence-electron chi connectivity index (χ3n) is 11.9. The summed E-state index contributed by atoms with van der Waals surface area (Å²) in [5, 5.41) is 14.9. The molecule has 3 nitrogen and oxygen atoms in total. The molecule has 0 saturated carbocycles. The van der Waals surface area contributed by atoms with Crippen molar-refractivity contribution < 1.29 is 26.3 Å². The molecule has 0 spiro atoms. The van der Waals surface area contributed by atoms with Crippen molar-refractivity contribution >= 4 is 43.6 Å². The summed E-state index contributed by atoms with van der Waals surface area (Å²) in [5.41, 5.74) is 4.76. The minimum absolute atomic E-state index is 0.117. The largest absolute Gasteiger partial charge is 0.416 e. The number of nitrogens with zero attached hydrogens (tertiary/aromatic N) is 3. The molecule has 62 heavy (non-hydrogen) atoms. The van der Waals surface area contributed by atoms with E-state index >= 15 is 0 Å². The number of hydrogen-bond donors (Lipinski definition) is 0. The number of halogens is 6. The van der Waals surface area contributed by atoms with Gasteiger partial charge in [-0.05, 0) is 112 Å². The number of aromatic nitrogens is 2. The van der Waals surface area contributed by atoms with Gasteiger partial charge in [0, 0.05) is 32.7 Å². The van der Waals surface area contributed by atoms with Gasteiger partial charge in [-0.15, -0.1) is 0 Å². The van der Waals surface area contributed by atoms with Crippen LogP contribution < -0.4 is 0 Å². The maximum absolute atomic E-state index is 14.3. The van der Waals surface area contributed by atoms with E-state index in [2.05, 4.69) is 93.1 Å². The highest BCUT2D eigenvalue weighted by atomic mass is 19.4. The standard InChI is InChI=1S/C53H41F6N3/c1-50(2,3)34-19-22-45-40(28-34)38-13-7-9-15-43(38)61(45)47-21-18-31(33-24-36(52(54,55)56)27-37(25-33)53(57,58)59)26-42(47)49-32(30-60)12-11-17-48(49)62-44-16-10-8-14-39(44)41-29-35(51(4,5)6)20-23-46(41)62/h7-29H,1-6H3. The highest BCUT2D eigenvalue weighted by Gasteiger charge is 2.37. The van der Waals surface area contributed by atoms with Crippen LogP contribution in [0.5, 0.6) is 0 Å². The molecule has 9 aromatic rings. The predicted molar refractivity (Wildman–Crippen MR) is 238 cm³/mol. The van der Waals surface area contributed by atoms with Crippen molar-refractivity contribution in [3.05, 3.63) is 167 Å². The maximum atomic E-state index is 14.3. The lowest BCUT2D eigenvalue weighted by Gasteiger charge is -2.22. The Labute approximate surface area is 355 Å². The molecule has 0 saturated heterocycles. The third kappa shape index (κ3) is 6.78. The molecular weight excluding hydrogens is 793 g/mol. The number of rotatable bonds is 4. The zero-order chi connectivity index (χ0) is 44.1. The average Bonchev–Trinajstić information content (AvgIpc) is 3.74. The molecule has 0 unspecified atom stereocenters. The van der Waals surface area contributed by atoms with Crippen molar-refractivity contribution in [1.82, 2.24) is 9.13 Å². The molecule has 0 aliphatic heterocycles. The molecule has 9 rings (SSSR count). The first kappa shape index (κ1) is 40.6. The molecule has 9 heteroatoms. The first-order chi connectivity index (χ1) is 29.2. The van der Waals surface area contributed by atoms with E-state index in [-0.39, 0.29) is 33.6 Å². The lowest BCUT2D eigenvalue weighted by atomic mass is 9.86. The van der Waals surface area contributed by atoms with Crippen molar-refractivity contribution in [1.29, 1.82) is 5.26 Å². The Kier molecular flexibility index (Phi) is 9.26. The van der Waals surface area contributed by atoms with E-state index in [9.17, 15) is 31.6 Å². The summed E-state index contributed by atoms with van der Waals surface area (Å²) in [6, 6.07) is 42.9. The van der Waals surface area contributed by atoms with Gasteiger partial charge >= 0.3 is 12.4 Å². The molecule has 2 heterocycles. The monoisotopic (exact) mass is 833 g/mol. The minimum Gasteiger partial charge on any atom is -0.309 e. The van der Waals surface area contributed by atoms with Crippen molar-refractivity contribution in [2.24, 2.45) is 0 Å². The van der Waals surface area contributed by atoms with Crippen LogP contribution in [0.2, 0.25) is 0 Å². The van der Waals surface area contributed by atoms with Gasteiger partial charge in [0.05, 0.1) is 56.2 Å². The second kappa shape index (κ2) is 14.1. The zero-order valence-electron chi connectivity index (χ0n) is 34.9. The van der Waals surface area contributed by atoms with Crippen LogP contribution in [0, 0.1) is 11.3 Å².